The van der Waals surface area contributed by atoms with Crippen LogP contribution in [0.1, 0.15) is 21.7 Å². The molecule has 0 amide bonds. The van der Waals surface area contributed by atoms with Gasteiger partial charge in [0.25, 0.3) is 5.24 Å². The van der Waals surface area contributed by atoms with Crippen LogP contribution in [0.3, 0.4) is 0 Å². The molecule has 1 heterocycles. The number of hydrogen-bond donors (Lipinski definition) is 0. The Morgan fingerprint density at radius 2 is 2.07 bits per heavy atom. The van der Waals surface area contributed by atoms with E-state index in [1.165, 1.54) is 6.07 Å². The highest BCUT2D eigenvalue weighted by Crippen LogP contribution is 2.30. The summed E-state index contributed by atoms with van der Waals surface area (Å²) in [6.07, 6.45) is -4.64. The molecule has 0 saturated carbocycles. The van der Waals surface area contributed by atoms with Crippen molar-refractivity contribution in [2.45, 2.75) is 6.18 Å². The molecule has 0 atom stereocenters. The number of carbonyl (C=O) groups excluding carboxylic acids is 1. The molecule has 0 unspecified atom stereocenters. The van der Waals surface area contributed by atoms with Crippen LogP contribution in [-0.2, 0) is 6.18 Å². The highest BCUT2D eigenvalue weighted by atomic mass is 35.5. The molecule has 0 bridgehead atoms. The van der Waals surface area contributed by atoms with Crippen molar-refractivity contribution in [1.29, 1.82) is 5.26 Å². The van der Waals surface area contributed by atoms with Gasteiger partial charge in [0.15, 0.2) is 0 Å². The standard InChI is InChI=1S/C8H2ClF3N2O/c9-7(15)6-2-4(8(10,11)12)1-5(3-13)14-6/h1-2H. The third-order valence-corrected chi connectivity index (χ3v) is 1.66. The summed E-state index contributed by atoms with van der Waals surface area (Å²) in [6, 6.07) is 2.45. The first-order valence-electron chi connectivity index (χ1n) is 3.54. The third-order valence-electron chi connectivity index (χ3n) is 1.47. The summed E-state index contributed by atoms with van der Waals surface area (Å²) < 4.78 is 36.8. The normalized spacial score (nSPS) is 10.9. The number of rotatable bonds is 1. The van der Waals surface area contributed by atoms with Gasteiger partial charge in [-0.3, -0.25) is 4.79 Å². The molecule has 3 nitrogen and oxygen atoms in total. The van der Waals surface area contributed by atoms with Gasteiger partial charge in [0.05, 0.1) is 5.56 Å². The molecule has 78 valence electrons. The average molecular weight is 235 g/mol. The van der Waals surface area contributed by atoms with E-state index in [2.05, 4.69) is 4.98 Å². The summed E-state index contributed by atoms with van der Waals surface area (Å²) in [5.41, 5.74) is -2.23. The van der Waals surface area contributed by atoms with Gasteiger partial charge in [-0.2, -0.15) is 18.4 Å². The molecule has 7 heteroatoms. The highest BCUT2D eigenvalue weighted by molar-refractivity contribution is 6.67. The Morgan fingerprint density at radius 1 is 1.47 bits per heavy atom. The van der Waals surface area contributed by atoms with Crippen LogP contribution in [0.4, 0.5) is 13.2 Å². The maximum atomic E-state index is 12.3. The number of aromatic nitrogens is 1. The van der Waals surface area contributed by atoms with Gasteiger partial charge < -0.3 is 0 Å². The molecule has 0 aliphatic rings. The number of pyridine rings is 1. The van der Waals surface area contributed by atoms with Gasteiger partial charge in [0, 0.05) is 0 Å². The second kappa shape index (κ2) is 3.87. The molecule has 15 heavy (non-hydrogen) atoms. The van der Waals surface area contributed by atoms with E-state index in [-0.39, 0.29) is 0 Å². The predicted octanol–water partition coefficient (Wildman–Crippen LogP) is 2.35. The van der Waals surface area contributed by atoms with Crippen LogP contribution < -0.4 is 0 Å². The first-order valence-corrected chi connectivity index (χ1v) is 3.91. The smallest absolute Gasteiger partial charge is 0.274 e. The molecule has 1 rings (SSSR count). The summed E-state index contributed by atoms with van der Waals surface area (Å²) >= 11 is 4.98. The maximum Gasteiger partial charge on any atom is 0.416 e. The SMILES string of the molecule is N#Cc1cc(C(F)(F)F)cc(C(=O)Cl)n1. The summed E-state index contributed by atoms with van der Waals surface area (Å²) in [5.74, 6) is 0. The van der Waals surface area contributed by atoms with Gasteiger partial charge >= 0.3 is 6.18 Å². The lowest BCUT2D eigenvalue weighted by atomic mass is 10.2. The zero-order valence-corrected chi connectivity index (χ0v) is 7.73. The van der Waals surface area contributed by atoms with Crippen LogP contribution in [0.25, 0.3) is 0 Å². The highest BCUT2D eigenvalue weighted by Gasteiger charge is 2.32. The van der Waals surface area contributed by atoms with Gasteiger partial charge in [0.2, 0.25) is 0 Å². The number of nitriles is 1. The van der Waals surface area contributed by atoms with E-state index in [4.69, 9.17) is 16.9 Å². The lowest BCUT2D eigenvalue weighted by Gasteiger charge is -2.06. The number of hydrogen-bond acceptors (Lipinski definition) is 3. The minimum absolute atomic E-state index is 0.496. The summed E-state index contributed by atoms with van der Waals surface area (Å²) in [5, 5.41) is 7.26. The zero-order chi connectivity index (χ0) is 11.6. The lowest BCUT2D eigenvalue weighted by Crippen LogP contribution is -2.08. The van der Waals surface area contributed by atoms with Gasteiger partial charge in [-0.25, -0.2) is 4.98 Å². The molecule has 1 aromatic heterocycles. The number of carbonyl (C=O) groups is 1. The molecule has 0 aromatic carbocycles. The minimum atomic E-state index is -4.64. The number of alkyl halides is 3. The van der Waals surface area contributed by atoms with E-state index < -0.39 is 28.4 Å². The van der Waals surface area contributed by atoms with Crippen LogP contribution >= 0.6 is 11.6 Å². The van der Waals surface area contributed by atoms with Crippen LogP contribution in [0.15, 0.2) is 12.1 Å². The fraction of sp³-hybridized carbons (Fsp3) is 0.125. The van der Waals surface area contributed by atoms with E-state index in [0.717, 1.165) is 0 Å². The number of halogens is 4. The fourth-order valence-electron chi connectivity index (χ4n) is 0.852. The van der Waals surface area contributed by atoms with Crippen LogP contribution in [0, 0.1) is 11.3 Å². The molecular formula is C8H2ClF3N2O. The molecule has 0 aliphatic carbocycles. The van der Waals surface area contributed by atoms with Gasteiger partial charge in [-0.05, 0) is 23.7 Å². The third kappa shape index (κ3) is 2.67. The Morgan fingerprint density at radius 3 is 2.47 bits per heavy atom. The van der Waals surface area contributed by atoms with Gasteiger partial charge in [-0.15, -0.1) is 0 Å². The van der Waals surface area contributed by atoms with Crippen molar-refractivity contribution in [1.82, 2.24) is 4.98 Å². The van der Waals surface area contributed by atoms with Crippen molar-refractivity contribution >= 4 is 16.8 Å². The summed E-state index contributed by atoms with van der Waals surface area (Å²) in [7, 11) is 0. The van der Waals surface area contributed by atoms with Crippen molar-refractivity contribution < 1.29 is 18.0 Å². The predicted molar refractivity (Wildman–Crippen MR) is 44.1 cm³/mol. The van der Waals surface area contributed by atoms with E-state index in [1.54, 1.807) is 0 Å². The molecule has 0 radical (unpaired) electrons. The Labute approximate surface area is 87.1 Å². The quantitative estimate of drug-likeness (QED) is 0.701. The number of nitrogens with zero attached hydrogens (tertiary/aromatic N) is 2. The Kier molecular flexibility index (Phi) is 2.95. The average Bonchev–Trinajstić information content (AvgIpc) is 2.15. The summed E-state index contributed by atoms with van der Waals surface area (Å²) in [6.45, 7) is 0. The van der Waals surface area contributed by atoms with E-state index >= 15 is 0 Å². The first kappa shape index (κ1) is 11.5. The Hall–Kier alpha value is -1.61. The van der Waals surface area contributed by atoms with Gasteiger partial charge in [0.1, 0.15) is 17.5 Å². The zero-order valence-electron chi connectivity index (χ0n) is 6.97. The van der Waals surface area contributed by atoms with E-state index in [9.17, 15) is 18.0 Å². The topological polar surface area (TPSA) is 53.8 Å². The van der Waals surface area contributed by atoms with Crippen molar-refractivity contribution in [3.05, 3.63) is 29.1 Å². The van der Waals surface area contributed by atoms with E-state index in [1.807, 2.05) is 0 Å². The Balaban J connectivity index is 3.38. The molecule has 0 spiro atoms. The first-order chi connectivity index (χ1) is 6.84. The summed E-state index contributed by atoms with van der Waals surface area (Å²) in [4.78, 5) is 13.9. The molecule has 0 fully saturated rings. The van der Waals surface area contributed by atoms with Crippen molar-refractivity contribution in [3.63, 3.8) is 0 Å². The van der Waals surface area contributed by atoms with Crippen molar-refractivity contribution in [2.24, 2.45) is 0 Å². The largest absolute Gasteiger partial charge is 0.416 e. The van der Waals surface area contributed by atoms with Crippen LogP contribution in [0.5, 0.6) is 0 Å². The molecule has 0 N–H and O–H groups in total. The van der Waals surface area contributed by atoms with Crippen LogP contribution in [0.2, 0.25) is 0 Å². The second-order valence-electron chi connectivity index (χ2n) is 2.51. The second-order valence-corrected chi connectivity index (χ2v) is 2.85. The van der Waals surface area contributed by atoms with Crippen molar-refractivity contribution in [3.8, 4) is 6.07 Å². The monoisotopic (exact) mass is 234 g/mol. The minimum Gasteiger partial charge on any atom is -0.274 e. The molecule has 0 aliphatic heterocycles. The van der Waals surface area contributed by atoms with Crippen LogP contribution in [-0.4, -0.2) is 10.2 Å². The maximum absolute atomic E-state index is 12.3. The lowest BCUT2D eigenvalue weighted by molar-refractivity contribution is -0.137. The molecule has 1 aromatic rings. The van der Waals surface area contributed by atoms with Gasteiger partial charge in [-0.1, -0.05) is 0 Å². The molecular weight excluding hydrogens is 233 g/mol. The Bertz CT molecular complexity index is 450. The fourth-order valence-corrected chi connectivity index (χ4v) is 0.949. The van der Waals surface area contributed by atoms with E-state index in [0.29, 0.717) is 12.1 Å². The van der Waals surface area contributed by atoms with Crippen molar-refractivity contribution in [2.75, 3.05) is 0 Å². The molecule has 0 saturated heterocycles.